The van der Waals surface area contributed by atoms with Crippen molar-refractivity contribution in [2.45, 2.75) is 60.9 Å². The van der Waals surface area contributed by atoms with Gasteiger partial charge in [-0.05, 0) is 32.9 Å². The van der Waals surface area contributed by atoms with Gasteiger partial charge in [0, 0.05) is 78.5 Å². The van der Waals surface area contributed by atoms with Gasteiger partial charge in [0.25, 0.3) is 0 Å². The van der Waals surface area contributed by atoms with Crippen LogP contribution in [0.3, 0.4) is 0 Å². The Balaban J connectivity index is 1.36. The van der Waals surface area contributed by atoms with Crippen molar-refractivity contribution < 1.29 is 33.8 Å². The molecule has 0 saturated heterocycles. The lowest BCUT2D eigenvalue weighted by molar-refractivity contribution is -0.138. The average molecular weight is 669 g/mol. The van der Waals surface area contributed by atoms with Gasteiger partial charge >= 0.3 is 12.1 Å². The molecule has 1 N–H and O–H groups in total. The Bertz CT molecular complexity index is 1730. The number of Topliss-reactive ketones (excluding diaryl/α,β-unsaturated/α-hetero) is 2. The summed E-state index contributed by atoms with van der Waals surface area (Å²) in [5, 5.41) is 10.4. The van der Waals surface area contributed by atoms with Gasteiger partial charge in [-0.2, -0.15) is 0 Å². The molecule has 0 bridgehead atoms. The van der Waals surface area contributed by atoms with Gasteiger partial charge in [-0.1, -0.05) is 27.7 Å². The summed E-state index contributed by atoms with van der Waals surface area (Å²) < 4.78 is 6.43. The number of nitrogens with zero attached hydrogens (tertiary/aromatic N) is 4. The van der Waals surface area contributed by atoms with Crippen molar-refractivity contribution in [3.05, 3.63) is 45.5 Å². The normalized spacial score (nSPS) is 17.5. The fourth-order valence-corrected chi connectivity index (χ4v) is 7.94. The predicted octanol–water partition coefficient (Wildman–Crippen LogP) is 5.38. The smallest absolute Gasteiger partial charge is 0.414 e. The molecule has 2 heterocycles. The largest absolute Gasteiger partial charge is 0.480 e. The molecule has 1 aromatic carbocycles. The maximum absolute atomic E-state index is 13.4. The van der Waals surface area contributed by atoms with Gasteiger partial charge in [-0.15, -0.1) is 23.1 Å². The molecule has 0 saturated carbocycles. The molecule has 1 aliphatic carbocycles. The van der Waals surface area contributed by atoms with Crippen LogP contribution in [0, 0.1) is 10.8 Å². The monoisotopic (exact) mass is 668 g/mol. The van der Waals surface area contributed by atoms with Crippen molar-refractivity contribution in [1.29, 1.82) is 0 Å². The molecule has 11 nitrogen and oxygen atoms in total. The lowest BCUT2D eigenvalue weighted by atomic mass is 9.71. The maximum atomic E-state index is 13.4. The fourth-order valence-electron chi connectivity index (χ4n) is 5.85. The molecule has 13 heteroatoms. The number of ether oxygens (including phenoxy) is 1. The van der Waals surface area contributed by atoms with Gasteiger partial charge in [0.1, 0.15) is 15.8 Å². The van der Waals surface area contributed by atoms with E-state index in [1.165, 1.54) is 28.0 Å². The standard InChI is InChI=1S/C33H40N4O7S2/c1-17-18(2)27(40)25(19(3)26(17)39)33(6,7)13-24(38)36(8)15-32(4,5)16-37(9)31(43)44-20-10-11-21-23(12-20)46-29(34-21)28-35-22(14-45-28)30(41)42/h10-12,22H,13-16H2,1-9H3,(H,41,42)/t22-/m1/s1. The summed E-state index contributed by atoms with van der Waals surface area (Å²) in [6.07, 6.45) is -0.516. The maximum Gasteiger partial charge on any atom is 0.414 e. The van der Waals surface area contributed by atoms with Crippen molar-refractivity contribution in [3.63, 3.8) is 0 Å². The van der Waals surface area contributed by atoms with E-state index in [0.29, 0.717) is 62.5 Å². The number of allylic oxidation sites excluding steroid dienone is 4. The molecular weight excluding hydrogens is 629 g/mol. The van der Waals surface area contributed by atoms with Crippen LogP contribution >= 0.6 is 23.1 Å². The molecule has 246 valence electrons. The third-order valence-electron chi connectivity index (χ3n) is 8.21. The van der Waals surface area contributed by atoms with Gasteiger partial charge in [0.15, 0.2) is 17.6 Å². The van der Waals surface area contributed by atoms with Gasteiger partial charge in [0.05, 0.1) is 10.2 Å². The van der Waals surface area contributed by atoms with Crippen molar-refractivity contribution in [2.75, 3.05) is 32.9 Å². The zero-order chi connectivity index (χ0) is 34.3. The number of hydrogen-bond donors (Lipinski definition) is 1. The number of fused-ring (bicyclic) bond motifs is 1. The number of ketones is 2. The number of aromatic nitrogens is 1. The Morgan fingerprint density at radius 3 is 2.24 bits per heavy atom. The number of carboxylic acids is 1. The highest BCUT2D eigenvalue weighted by atomic mass is 32.2. The van der Waals surface area contributed by atoms with Crippen LogP contribution < -0.4 is 4.74 Å². The van der Waals surface area contributed by atoms with Crippen LogP contribution in [-0.2, 0) is 19.2 Å². The first-order valence-corrected chi connectivity index (χ1v) is 16.6. The zero-order valence-electron chi connectivity index (χ0n) is 27.6. The Labute approximate surface area is 276 Å². The number of hydrogen-bond acceptors (Lipinski definition) is 10. The first kappa shape index (κ1) is 35.0. The Kier molecular flexibility index (Phi) is 9.98. The molecule has 0 radical (unpaired) electrons. The van der Waals surface area contributed by atoms with Gasteiger partial charge < -0.3 is 19.6 Å². The minimum atomic E-state index is -0.964. The average Bonchev–Trinajstić information content (AvgIpc) is 3.61. The van der Waals surface area contributed by atoms with E-state index < -0.39 is 28.9 Å². The predicted molar refractivity (Wildman–Crippen MR) is 180 cm³/mol. The summed E-state index contributed by atoms with van der Waals surface area (Å²) in [5.74, 6) is -0.784. The second kappa shape index (κ2) is 13.1. The first-order chi connectivity index (χ1) is 21.3. The van der Waals surface area contributed by atoms with Crippen molar-refractivity contribution in [1.82, 2.24) is 14.8 Å². The molecule has 4 rings (SSSR count). The molecule has 2 amide bonds. The fraction of sp³-hybridized carbons (Fsp3) is 0.485. The third-order valence-corrected chi connectivity index (χ3v) is 10.4. The number of aliphatic imine (C=N–C) groups is 1. The summed E-state index contributed by atoms with van der Waals surface area (Å²) in [6.45, 7) is 13.1. The van der Waals surface area contributed by atoms with E-state index in [9.17, 15) is 29.1 Å². The molecule has 1 aromatic heterocycles. The number of benzene rings is 1. The van der Waals surface area contributed by atoms with E-state index in [4.69, 9.17) is 4.74 Å². The van der Waals surface area contributed by atoms with E-state index in [1.54, 1.807) is 58.0 Å². The second-order valence-corrected chi connectivity index (χ2v) is 15.4. The highest BCUT2D eigenvalue weighted by Gasteiger charge is 2.39. The molecule has 2 aliphatic rings. The van der Waals surface area contributed by atoms with Crippen LogP contribution in [-0.4, -0.2) is 93.4 Å². The van der Waals surface area contributed by atoms with E-state index in [1.807, 2.05) is 27.7 Å². The van der Waals surface area contributed by atoms with E-state index in [-0.39, 0.29) is 23.9 Å². The minimum absolute atomic E-state index is 0.0451. The SMILES string of the molecule is CC1=C(C)C(=O)C(C(C)(C)CC(=O)N(C)CC(C)(C)CN(C)C(=O)Oc2ccc3nc(C4=N[C@@H](C(=O)O)CS4)sc3c2)=C(C)C1=O. The number of carboxylic acid groups (broad SMARTS) is 1. The highest BCUT2D eigenvalue weighted by Crippen LogP contribution is 2.39. The number of thiazole rings is 1. The Hall–Kier alpha value is -3.84. The van der Waals surface area contributed by atoms with Crippen molar-refractivity contribution in [3.8, 4) is 5.75 Å². The van der Waals surface area contributed by atoms with Gasteiger partial charge in [0.2, 0.25) is 5.91 Å². The number of carbonyl (C=O) groups is 5. The second-order valence-electron chi connectivity index (χ2n) is 13.4. The quantitative estimate of drug-likeness (QED) is 0.330. The van der Waals surface area contributed by atoms with E-state index in [0.717, 1.165) is 4.70 Å². The molecule has 0 fully saturated rings. The highest BCUT2D eigenvalue weighted by molar-refractivity contribution is 8.15. The van der Waals surface area contributed by atoms with Crippen LogP contribution in [0.25, 0.3) is 10.2 Å². The lowest BCUT2D eigenvalue weighted by Gasteiger charge is -2.36. The Morgan fingerprint density at radius 2 is 1.61 bits per heavy atom. The number of rotatable bonds is 10. The molecular formula is C33H40N4O7S2. The number of thioether (sulfide) groups is 1. The summed E-state index contributed by atoms with van der Waals surface area (Å²) in [7, 11) is 3.32. The number of carbonyl (C=O) groups excluding carboxylic acids is 4. The van der Waals surface area contributed by atoms with Crippen LogP contribution in [0.2, 0.25) is 0 Å². The zero-order valence-corrected chi connectivity index (χ0v) is 29.3. The molecule has 2 aromatic rings. The van der Waals surface area contributed by atoms with Crippen molar-refractivity contribution >= 4 is 67.9 Å². The number of amides is 2. The topological polar surface area (TPSA) is 147 Å². The third kappa shape index (κ3) is 7.41. The van der Waals surface area contributed by atoms with Crippen molar-refractivity contribution in [2.24, 2.45) is 15.8 Å². The van der Waals surface area contributed by atoms with Crippen LogP contribution in [0.4, 0.5) is 4.79 Å². The van der Waals surface area contributed by atoms with E-state index in [2.05, 4.69) is 9.98 Å². The number of aliphatic carboxylic acids is 1. The van der Waals surface area contributed by atoms with Gasteiger partial charge in [-0.3, -0.25) is 19.4 Å². The molecule has 0 spiro atoms. The lowest BCUT2D eigenvalue weighted by Crippen LogP contribution is -2.45. The minimum Gasteiger partial charge on any atom is -0.480 e. The molecule has 0 unspecified atom stereocenters. The molecule has 46 heavy (non-hydrogen) atoms. The van der Waals surface area contributed by atoms with E-state index >= 15 is 0 Å². The summed E-state index contributed by atoms with van der Waals surface area (Å²) in [6, 6.07) is 4.34. The van der Waals surface area contributed by atoms with Gasteiger partial charge in [-0.25, -0.2) is 14.6 Å². The molecule has 1 aliphatic heterocycles. The van der Waals surface area contributed by atoms with Crippen LogP contribution in [0.15, 0.2) is 45.5 Å². The summed E-state index contributed by atoms with van der Waals surface area (Å²) >= 11 is 2.71. The summed E-state index contributed by atoms with van der Waals surface area (Å²) in [5.41, 5.74) is 0.975. The van der Waals surface area contributed by atoms with Crippen LogP contribution in [0.5, 0.6) is 5.75 Å². The Morgan fingerprint density at radius 1 is 0.978 bits per heavy atom. The van der Waals surface area contributed by atoms with Crippen LogP contribution in [0.1, 0.15) is 59.9 Å². The first-order valence-electron chi connectivity index (χ1n) is 14.8. The summed E-state index contributed by atoms with van der Waals surface area (Å²) in [4.78, 5) is 75.3. The molecule has 1 atom stereocenters.